The average molecular weight is 293 g/mol. The Kier molecular flexibility index (Phi) is 2.94. The molecule has 20 heavy (non-hydrogen) atoms. The monoisotopic (exact) mass is 292 g/mol. The van der Waals surface area contributed by atoms with E-state index >= 15 is 0 Å². The molecule has 2 aromatic rings. The molecule has 4 nitrogen and oxygen atoms in total. The summed E-state index contributed by atoms with van der Waals surface area (Å²) in [5.41, 5.74) is 1.17. The highest BCUT2D eigenvalue weighted by atomic mass is 35.5. The van der Waals surface area contributed by atoms with E-state index < -0.39 is 7.12 Å². The van der Waals surface area contributed by atoms with Crippen LogP contribution in [-0.2, 0) is 16.4 Å². The largest absolute Gasteiger partial charge is 0.495 e. The van der Waals surface area contributed by atoms with Gasteiger partial charge in [0.2, 0.25) is 0 Å². The molecule has 0 spiro atoms. The molecule has 6 heteroatoms. The van der Waals surface area contributed by atoms with E-state index in [1.807, 2.05) is 53.1 Å². The van der Waals surface area contributed by atoms with Crippen molar-refractivity contribution >= 4 is 35.1 Å². The Morgan fingerprint density at radius 3 is 2.35 bits per heavy atom. The van der Waals surface area contributed by atoms with Crippen molar-refractivity contribution in [3.8, 4) is 0 Å². The lowest BCUT2D eigenvalue weighted by molar-refractivity contribution is 0.00578. The van der Waals surface area contributed by atoms with Crippen LogP contribution in [0.1, 0.15) is 27.7 Å². The van der Waals surface area contributed by atoms with Crippen LogP contribution in [0.3, 0.4) is 0 Å². The lowest BCUT2D eigenvalue weighted by Gasteiger charge is -2.32. The number of fused-ring (bicyclic) bond motifs is 1. The van der Waals surface area contributed by atoms with Gasteiger partial charge in [-0.2, -0.15) is 5.10 Å². The number of aromatic nitrogens is 2. The number of benzene rings is 1. The Bertz CT molecular complexity index is 665. The molecule has 2 heterocycles. The summed E-state index contributed by atoms with van der Waals surface area (Å²) in [6.07, 6.45) is 1.83. The normalized spacial score (nSPS) is 20.8. The Morgan fingerprint density at radius 1 is 1.15 bits per heavy atom. The summed E-state index contributed by atoms with van der Waals surface area (Å²) in [7, 11) is 1.47. The summed E-state index contributed by atoms with van der Waals surface area (Å²) in [5, 5.41) is 5.96. The van der Waals surface area contributed by atoms with Gasteiger partial charge in [-0.1, -0.05) is 11.6 Å². The number of rotatable bonds is 1. The lowest BCUT2D eigenvalue weighted by Crippen LogP contribution is -2.41. The van der Waals surface area contributed by atoms with E-state index in [1.54, 1.807) is 4.68 Å². The first-order valence-electron chi connectivity index (χ1n) is 6.68. The molecule has 1 aromatic carbocycles. The van der Waals surface area contributed by atoms with Gasteiger partial charge >= 0.3 is 7.12 Å². The molecule has 106 valence electrons. The molecule has 0 unspecified atom stereocenters. The summed E-state index contributed by atoms with van der Waals surface area (Å²) >= 11 is 6.22. The fourth-order valence-corrected chi connectivity index (χ4v) is 2.63. The van der Waals surface area contributed by atoms with Gasteiger partial charge in [-0.15, -0.1) is 0 Å². The summed E-state index contributed by atoms with van der Waals surface area (Å²) < 4.78 is 14.0. The van der Waals surface area contributed by atoms with E-state index in [1.165, 1.54) is 0 Å². The third-order valence-corrected chi connectivity index (χ3v) is 4.59. The number of aryl methyl sites for hydroxylation is 1. The van der Waals surface area contributed by atoms with Gasteiger partial charge < -0.3 is 9.31 Å². The highest BCUT2D eigenvalue weighted by Gasteiger charge is 2.52. The van der Waals surface area contributed by atoms with Crippen molar-refractivity contribution in [3.63, 3.8) is 0 Å². The molecule has 1 aromatic heterocycles. The minimum Gasteiger partial charge on any atom is -0.399 e. The van der Waals surface area contributed by atoms with Crippen LogP contribution < -0.4 is 5.46 Å². The second-order valence-electron chi connectivity index (χ2n) is 6.28. The van der Waals surface area contributed by atoms with Gasteiger partial charge in [-0.3, -0.25) is 4.68 Å². The SMILES string of the molecule is Cn1ncc2c(B3OC(C)(C)C(C)(C)O3)cc(Cl)cc21. The maximum atomic E-state index is 6.22. The van der Waals surface area contributed by atoms with Crippen molar-refractivity contribution in [1.82, 2.24) is 9.78 Å². The molecule has 1 aliphatic rings. The number of hydrogen-bond donors (Lipinski definition) is 0. The van der Waals surface area contributed by atoms with Crippen LogP contribution in [0, 0.1) is 0 Å². The predicted molar refractivity (Wildman–Crippen MR) is 81.4 cm³/mol. The summed E-state index contributed by atoms with van der Waals surface area (Å²) in [6, 6.07) is 3.80. The molecule has 0 saturated carbocycles. The first-order valence-corrected chi connectivity index (χ1v) is 7.06. The Labute approximate surface area is 124 Å². The molecule has 0 radical (unpaired) electrons. The van der Waals surface area contributed by atoms with Crippen molar-refractivity contribution in [1.29, 1.82) is 0 Å². The quantitative estimate of drug-likeness (QED) is 0.758. The van der Waals surface area contributed by atoms with Crippen molar-refractivity contribution in [2.45, 2.75) is 38.9 Å². The van der Waals surface area contributed by atoms with E-state index in [0.29, 0.717) is 5.02 Å². The molecule has 1 saturated heterocycles. The zero-order valence-electron chi connectivity index (χ0n) is 12.4. The molecule has 0 amide bonds. The van der Waals surface area contributed by atoms with Gasteiger partial charge in [0.25, 0.3) is 0 Å². The Balaban J connectivity index is 2.12. The molecular weight excluding hydrogens is 274 g/mol. The van der Waals surface area contributed by atoms with Crippen LogP contribution in [0.25, 0.3) is 10.9 Å². The van der Waals surface area contributed by atoms with Crippen LogP contribution in [-0.4, -0.2) is 28.1 Å². The predicted octanol–water partition coefficient (Wildman–Crippen LogP) is 2.53. The summed E-state index contributed by atoms with van der Waals surface area (Å²) in [6.45, 7) is 8.16. The summed E-state index contributed by atoms with van der Waals surface area (Å²) in [4.78, 5) is 0. The van der Waals surface area contributed by atoms with E-state index in [4.69, 9.17) is 20.9 Å². The van der Waals surface area contributed by atoms with Gasteiger partial charge in [-0.25, -0.2) is 0 Å². The van der Waals surface area contributed by atoms with Crippen molar-refractivity contribution < 1.29 is 9.31 Å². The maximum Gasteiger partial charge on any atom is 0.495 e. The number of halogens is 1. The van der Waals surface area contributed by atoms with E-state index in [0.717, 1.165) is 16.4 Å². The van der Waals surface area contributed by atoms with E-state index in [9.17, 15) is 0 Å². The molecule has 0 N–H and O–H groups in total. The molecule has 3 rings (SSSR count). The van der Waals surface area contributed by atoms with Crippen LogP contribution in [0.15, 0.2) is 18.3 Å². The van der Waals surface area contributed by atoms with Gasteiger partial charge in [0.05, 0.1) is 22.9 Å². The molecular formula is C14H18BClN2O2. The lowest BCUT2D eigenvalue weighted by atomic mass is 9.77. The van der Waals surface area contributed by atoms with E-state index in [-0.39, 0.29) is 11.2 Å². The smallest absolute Gasteiger partial charge is 0.399 e. The fraction of sp³-hybridized carbons (Fsp3) is 0.500. The van der Waals surface area contributed by atoms with Crippen molar-refractivity contribution in [2.24, 2.45) is 7.05 Å². The van der Waals surface area contributed by atoms with Gasteiger partial charge in [0.1, 0.15) is 0 Å². The Morgan fingerprint density at radius 2 is 1.75 bits per heavy atom. The third kappa shape index (κ3) is 1.96. The zero-order chi connectivity index (χ0) is 14.7. The van der Waals surface area contributed by atoms with Crippen molar-refractivity contribution in [2.75, 3.05) is 0 Å². The minimum absolute atomic E-state index is 0.367. The van der Waals surface area contributed by atoms with Crippen LogP contribution in [0.4, 0.5) is 0 Å². The molecule has 0 aliphatic carbocycles. The van der Waals surface area contributed by atoms with Crippen LogP contribution in [0.5, 0.6) is 0 Å². The number of hydrogen-bond acceptors (Lipinski definition) is 3. The molecule has 1 aliphatic heterocycles. The molecule has 0 atom stereocenters. The summed E-state index contributed by atoms with van der Waals surface area (Å²) in [5.74, 6) is 0. The van der Waals surface area contributed by atoms with Crippen LogP contribution in [0.2, 0.25) is 5.02 Å². The van der Waals surface area contributed by atoms with Gasteiger partial charge in [-0.05, 0) is 45.3 Å². The Hall–Kier alpha value is -1.04. The highest BCUT2D eigenvalue weighted by molar-refractivity contribution is 6.65. The third-order valence-electron chi connectivity index (χ3n) is 4.37. The first-order chi connectivity index (χ1) is 9.21. The topological polar surface area (TPSA) is 36.3 Å². The van der Waals surface area contributed by atoms with Crippen LogP contribution >= 0.6 is 11.6 Å². The minimum atomic E-state index is -0.426. The second-order valence-corrected chi connectivity index (χ2v) is 6.72. The second kappa shape index (κ2) is 4.23. The maximum absolute atomic E-state index is 6.22. The standard InChI is InChI=1S/C14H18BClN2O2/c1-13(2)14(3,4)20-15(19-13)11-6-9(16)7-12-10(11)8-17-18(12)5/h6-8H,1-5H3. The van der Waals surface area contributed by atoms with Gasteiger partial charge in [0, 0.05) is 17.5 Å². The van der Waals surface area contributed by atoms with E-state index in [2.05, 4.69) is 5.10 Å². The first kappa shape index (κ1) is 13.9. The fourth-order valence-electron chi connectivity index (χ4n) is 2.40. The van der Waals surface area contributed by atoms with Gasteiger partial charge in [0.15, 0.2) is 0 Å². The molecule has 0 bridgehead atoms. The highest BCUT2D eigenvalue weighted by Crippen LogP contribution is 2.37. The molecule has 1 fully saturated rings. The zero-order valence-corrected chi connectivity index (χ0v) is 13.2. The number of nitrogens with zero attached hydrogens (tertiary/aromatic N) is 2. The average Bonchev–Trinajstić information content (AvgIpc) is 2.78. The van der Waals surface area contributed by atoms with Crippen molar-refractivity contribution in [3.05, 3.63) is 23.4 Å².